The van der Waals surface area contributed by atoms with E-state index < -0.39 is 54.1 Å². The van der Waals surface area contributed by atoms with Gasteiger partial charge >= 0.3 is 18.3 Å². The van der Waals surface area contributed by atoms with Crippen LogP contribution in [0.2, 0.25) is 0 Å². The first-order valence-electron chi connectivity index (χ1n) is 7.11. The monoisotopic (exact) mass is 419 g/mol. The number of hydrogen-bond acceptors (Lipinski definition) is 5. The minimum absolute atomic E-state index is 0.286. The van der Waals surface area contributed by atoms with Crippen molar-refractivity contribution in [3.05, 3.63) is 24.2 Å². The first-order valence-corrected chi connectivity index (χ1v) is 7.11. The highest BCUT2D eigenvalue weighted by molar-refractivity contribution is 5.76. The lowest BCUT2D eigenvalue weighted by atomic mass is 10.2. The summed E-state index contributed by atoms with van der Waals surface area (Å²) in [4.78, 5) is 7.29. The van der Waals surface area contributed by atoms with Gasteiger partial charge < -0.3 is 4.74 Å². The molecule has 0 aliphatic carbocycles. The molecular formula is C13H6F9N5O. The van der Waals surface area contributed by atoms with E-state index in [1.165, 1.54) is 6.07 Å². The molecule has 0 spiro atoms. The van der Waals surface area contributed by atoms with Crippen molar-refractivity contribution in [2.75, 3.05) is 6.61 Å². The van der Waals surface area contributed by atoms with E-state index in [0.29, 0.717) is 4.40 Å². The van der Waals surface area contributed by atoms with E-state index in [4.69, 9.17) is 0 Å². The molecule has 28 heavy (non-hydrogen) atoms. The van der Waals surface area contributed by atoms with Gasteiger partial charge in [0.2, 0.25) is 11.5 Å². The van der Waals surface area contributed by atoms with E-state index in [9.17, 15) is 39.5 Å². The minimum Gasteiger partial charge on any atom is -0.468 e. The average Bonchev–Trinajstić information content (AvgIpc) is 3.04. The highest BCUT2D eigenvalue weighted by Gasteiger charge is 2.57. The second-order valence-electron chi connectivity index (χ2n) is 5.40. The number of nitrogens with zero attached hydrogens (tertiary/aromatic N) is 5. The maximum absolute atomic E-state index is 13.4. The molecule has 0 saturated carbocycles. The van der Waals surface area contributed by atoms with Crippen LogP contribution in [0.5, 0.6) is 5.88 Å². The normalized spacial score (nSPS) is 14.6. The molecule has 0 bridgehead atoms. The number of alkyl halides is 9. The summed E-state index contributed by atoms with van der Waals surface area (Å²) in [6.07, 6.45) is -14.4. The minimum atomic E-state index is -5.87. The fraction of sp³-hybridized carbons (Fsp3) is 0.385. The predicted molar refractivity (Wildman–Crippen MR) is 72.5 cm³/mol. The Hall–Kier alpha value is -2.87. The second kappa shape index (κ2) is 6.34. The summed E-state index contributed by atoms with van der Waals surface area (Å²) in [6, 6.07) is 2.39. The molecular weight excluding hydrogens is 413 g/mol. The van der Waals surface area contributed by atoms with Gasteiger partial charge in [0.1, 0.15) is 5.52 Å². The van der Waals surface area contributed by atoms with E-state index >= 15 is 0 Å². The Kier molecular flexibility index (Phi) is 4.50. The van der Waals surface area contributed by atoms with Crippen molar-refractivity contribution in [1.82, 2.24) is 24.6 Å². The molecule has 0 amide bonds. The zero-order valence-electron chi connectivity index (χ0n) is 13.1. The molecule has 3 heterocycles. The lowest BCUT2D eigenvalue weighted by Crippen LogP contribution is -2.45. The van der Waals surface area contributed by atoms with Gasteiger partial charge in [-0.05, 0) is 12.1 Å². The molecule has 0 aromatic carbocycles. The first-order chi connectivity index (χ1) is 12.8. The van der Waals surface area contributed by atoms with Crippen molar-refractivity contribution in [2.24, 2.45) is 0 Å². The highest BCUT2D eigenvalue weighted by Crippen LogP contribution is 2.36. The van der Waals surface area contributed by atoms with Crippen molar-refractivity contribution in [3.8, 4) is 5.88 Å². The van der Waals surface area contributed by atoms with Gasteiger partial charge in [-0.25, -0.2) is 18.8 Å². The number of pyridine rings is 1. The topological polar surface area (TPSA) is 65.2 Å². The van der Waals surface area contributed by atoms with Crippen LogP contribution < -0.4 is 4.74 Å². The number of ether oxygens (including phenoxy) is 1. The highest BCUT2D eigenvalue weighted by atomic mass is 19.4. The maximum Gasteiger partial charge on any atom is 0.452 e. The van der Waals surface area contributed by atoms with Gasteiger partial charge in [-0.1, -0.05) is 0 Å². The van der Waals surface area contributed by atoms with Crippen LogP contribution in [-0.4, -0.2) is 49.4 Å². The molecule has 0 radical (unpaired) electrons. The molecule has 3 rings (SSSR count). The van der Waals surface area contributed by atoms with Crippen LogP contribution in [0.3, 0.4) is 0 Å². The summed E-state index contributed by atoms with van der Waals surface area (Å²) in [5.41, 5.74) is -1.53. The largest absolute Gasteiger partial charge is 0.468 e. The van der Waals surface area contributed by atoms with Crippen LogP contribution in [0.4, 0.5) is 39.5 Å². The van der Waals surface area contributed by atoms with Crippen molar-refractivity contribution >= 4 is 16.8 Å². The summed E-state index contributed by atoms with van der Waals surface area (Å²) >= 11 is 0. The van der Waals surface area contributed by atoms with Crippen LogP contribution in [0.1, 0.15) is 5.82 Å². The molecule has 3 aromatic heterocycles. The van der Waals surface area contributed by atoms with Gasteiger partial charge in [0, 0.05) is 6.20 Å². The van der Waals surface area contributed by atoms with Gasteiger partial charge in [0.25, 0.3) is 12.1 Å². The standard InChI is InChI=1S/C13H6F9N5O/c14-9(12(17,18)19)11(15,16)4-28-8-7-25-26-10(13(20,21)22)27(7)6-5(24-8)2-1-3-23-6/h1-3,9H,4H2. The average molecular weight is 419 g/mol. The molecule has 1 atom stereocenters. The Labute approximate surface area is 148 Å². The van der Waals surface area contributed by atoms with Crippen molar-refractivity contribution in [3.63, 3.8) is 0 Å². The van der Waals surface area contributed by atoms with Gasteiger partial charge in [-0.15, -0.1) is 10.2 Å². The van der Waals surface area contributed by atoms with Gasteiger partial charge in [-0.2, -0.15) is 35.1 Å². The number of fused-ring (bicyclic) bond motifs is 3. The van der Waals surface area contributed by atoms with E-state index in [0.717, 1.165) is 12.3 Å². The van der Waals surface area contributed by atoms with E-state index in [-0.39, 0.29) is 5.52 Å². The zero-order chi connectivity index (χ0) is 20.9. The molecule has 3 aromatic rings. The number of halogens is 9. The molecule has 0 saturated heterocycles. The second-order valence-corrected chi connectivity index (χ2v) is 5.40. The molecule has 1 unspecified atom stereocenters. The Bertz CT molecular complexity index is 1010. The third kappa shape index (κ3) is 3.47. The van der Waals surface area contributed by atoms with Gasteiger partial charge in [0.05, 0.1) is 0 Å². The van der Waals surface area contributed by atoms with Crippen LogP contribution in [0.15, 0.2) is 18.3 Å². The molecule has 0 aliphatic rings. The van der Waals surface area contributed by atoms with E-state index in [2.05, 4.69) is 24.9 Å². The van der Waals surface area contributed by atoms with Crippen molar-refractivity contribution < 1.29 is 44.3 Å². The third-order valence-corrected chi connectivity index (χ3v) is 3.37. The lowest BCUT2D eigenvalue weighted by molar-refractivity contribution is -0.250. The van der Waals surface area contributed by atoms with Crippen LogP contribution in [0, 0.1) is 0 Å². The quantitative estimate of drug-likeness (QED) is 0.605. The first kappa shape index (κ1) is 19.9. The summed E-state index contributed by atoms with van der Waals surface area (Å²) in [5, 5.41) is 6.02. The van der Waals surface area contributed by atoms with Gasteiger partial charge in [-0.3, -0.25) is 0 Å². The number of rotatable bonds is 4. The number of hydrogen-bond donors (Lipinski definition) is 0. The summed E-state index contributed by atoms with van der Waals surface area (Å²) in [6.45, 7) is -2.16. The molecule has 15 heteroatoms. The Balaban J connectivity index is 2.08. The fourth-order valence-electron chi connectivity index (χ4n) is 2.19. The summed E-state index contributed by atoms with van der Waals surface area (Å²) in [5.74, 6) is -7.63. The maximum atomic E-state index is 13.4. The Morgan fingerprint density at radius 2 is 1.68 bits per heavy atom. The summed E-state index contributed by atoms with van der Waals surface area (Å²) < 4.78 is 120. The van der Waals surface area contributed by atoms with Crippen molar-refractivity contribution in [2.45, 2.75) is 24.4 Å². The lowest BCUT2D eigenvalue weighted by Gasteiger charge is -2.22. The fourth-order valence-corrected chi connectivity index (χ4v) is 2.19. The Morgan fingerprint density at radius 1 is 1.00 bits per heavy atom. The van der Waals surface area contributed by atoms with Gasteiger partial charge in [0.15, 0.2) is 12.3 Å². The van der Waals surface area contributed by atoms with Crippen LogP contribution in [0.25, 0.3) is 16.8 Å². The molecule has 152 valence electrons. The molecule has 0 aliphatic heterocycles. The molecule has 0 N–H and O–H groups in total. The predicted octanol–water partition coefficient (Wildman–Crippen LogP) is 3.61. The van der Waals surface area contributed by atoms with Crippen LogP contribution in [-0.2, 0) is 6.18 Å². The van der Waals surface area contributed by atoms with E-state index in [1.807, 2.05) is 0 Å². The SMILES string of the molecule is FC(C(F)(F)F)C(F)(F)COc1nc2cccnc2n2c(C(F)(F)F)nnc12. The Morgan fingerprint density at radius 3 is 2.29 bits per heavy atom. The number of aromatic nitrogens is 5. The molecule has 6 nitrogen and oxygen atoms in total. The van der Waals surface area contributed by atoms with E-state index in [1.54, 1.807) is 0 Å². The third-order valence-electron chi connectivity index (χ3n) is 3.37. The van der Waals surface area contributed by atoms with Crippen LogP contribution >= 0.6 is 0 Å². The zero-order valence-corrected chi connectivity index (χ0v) is 13.1. The van der Waals surface area contributed by atoms with Crippen molar-refractivity contribution in [1.29, 1.82) is 0 Å². The summed E-state index contributed by atoms with van der Waals surface area (Å²) in [7, 11) is 0. The molecule has 0 fully saturated rings. The smallest absolute Gasteiger partial charge is 0.452 e.